The van der Waals surface area contributed by atoms with Crippen LogP contribution in [0.4, 0.5) is 17.1 Å². The second kappa shape index (κ2) is 10.6. The molecule has 1 heterocycles. The van der Waals surface area contributed by atoms with Crippen LogP contribution in [-0.2, 0) is 5.41 Å². The number of rotatable bonds is 5. The normalized spacial score (nSPS) is 13.1. The van der Waals surface area contributed by atoms with Gasteiger partial charge in [-0.1, -0.05) is 135 Å². The second-order valence-electron chi connectivity index (χ2n) is 13.0. The van der Waals surface area contributed by atoms with Crippen molar-refractivity contribution in [3.63, 3.8) is 0 Å². The van der Waals surface area contributed by atoms with E-state index in [0.717, 1.165) is 28.4 Å². The third-order valence-electron chi connectivity index (χ3n) is 9.81. The van der Waals surface area contributed by atoms with Gasteiger partial charge in [0.2, 0.25) is 0 Å². The van der Waals surface area contributed by atoms with E-state index < -0.39 is 0 Å². The van der Waals surface area contributed by atoms with Crippen molar-refractivity contribution in [2.75, 3.05) is 4.90 Å². The van der Waals surface area contributed by atoms with Crippen LogP contribution >= 0.6 is 0 Å². The highest BCUT2D eigenvalue weighted by molar-refractivity contribution is 5.97. The predicted molar refractivity (Wildman–Crippen MR) is 197 cm³/mol. The zero-order valence-corrected chi connectivity index (χ0v) is 26.4. The van der Waals surface area contributed by atoms with Gasteiger partial charge in [0.25, 0.3) is 0 Å². The van der Waals surface area contributed by atoms with Crippen LogP contribution in [0.25, 0.3) is 55.3 Å². The van der Waals surface area contributed by atoms with Crippen LogP contribution in [0.1, 0.15) is 25.0 Å². The molecule has 0 spiro atoms. The van der Waals surface area contributed by atoms with Gasteiger partial charge in [-0.25, -0.2) is 0 Å². The molecule has 0 saturated carbocycles. The Morgan fingerprint density at radius 1 is 0.447 bits per heavy atom. The molecule has 47 heavy (non-hydrogen) atoms. The standard InChI is InChI=1S/C45H33NO/c1-45(2)42-38(16-10-17-40(42)44-43(45)39-15-8-9-18-41(39)47-44)33-22-26-36(27-23-33)46(37-28-21-31-13-6-7-14-34(31)29-37)35-24-19-32(20-25-35)30-11-4-3-5-12-30/h3-29H,1-2H3. The average molecular weight is 604 g/mol. The molecule has 0 amide bonds. The second-order valence-corrected chi connectivity index (χ2v) is 13.0. The van der Waals surface area contributed by atoms with E-state index in [-0.39, 0.29) is 5.41 Å². The van der Waals surface area contributed by atoms with Crippen molar-refractivity contribution in [1.29, 1.82) is 0 Å². The smallest absolute Gasteiger partial charge is 0.139 e. The molecule has 2 nitrogen and oxygen atoms in total. The van der Waals surface area contributed by atoms with Crippen LogP contribution in [0, 0.1) is 0 Å². The number of benzene rings is 7. The van der Waals surface area contributed by atoms with Crippen molar-refractivity contribution in [3.8, 4) is 33.6 Å². The van der Waals surface area contributed by atoms with Crippen LogP contribution in [0.5, 0.6) is 0 Å². The summed E-state index contributed by atoms with van der Waals surface area (Å²) in [5.74, 6) is 1.01. The lowest BCUT2D eigenvalue weighted by Gasteiger charge is -2.27. The van der Waals surface area contributed by atoms with Crippen LogP contribution < -0.4 is 4.90 Å². The van der Waals surface area contributed by atoms with Gasteiger partial charge in [-0.05, 0) is 81.1 Å². The zero-order chi connectivity index (χ0) is 31.5. The van der Waals surface area contributed by atoms with Crippen molar-refractivity contribution in [3.05, 3.63) is 175 Å². The highest BCUT2D eigenvalue weighted by atomic mass is 16.3. The first-order chi connectivity index (χ1) is 23.1. The Morgan fingerprint density at radius 2 is 1.04 bits per heavy atom. The van der Waals surface area contributed by atoms with E-state index in [1.165, 1.54) is 55.1 Å². The van der Waals surface area contributed by atoms with E-state index in [2.05, 4.69) is 176 Å². The van der Waals surface area contributed by atoms with Crippen molar-refractivity contribution < 1.29 is 4.42 Å². The first kappa shape index (κ1) is 27.5. The Kier molecular flexibility index (Phi) is 6.20. The molecule has 1 aliphatic rings. The van der Waals surface area contributed by atoms with Crippen LogP contribution in [0.15, 0.2) is 168 Å². The molecule has 0 radical (unpaired) electrons. The van der Waals surface area contributed by atoms with Gasteiger partial charge in [-0.3, -0.25) is 0 Å². The van der Waals surface area contributed by atoms with Gasteiger partial charge < -0.3 is 9.32 Å². The zero-order valence-electron chi connectivity index (χ0n) is 26.4. The molecule has 9 rings (SSSR count). The molecular formula is C45H33NO. The number of hydrogen-bond acceptors (Lipinski definition) is 2. The van der Waals surface area contributed by atoms with Gasteiger partial charge in [-0.2, -0.15) is 0 Å². The summed E-state index contributed by atoms with van der Waals surface area (Å²) in [5, 5.41) is 3.66. The van der Waals surface area contributed by atoms with Crippen molar-refractivity contribution >= 4 is 38.8 Å². The maximum atomic E-state index is 6.47. The van der Waals surface area contributed by atoms with Crippen molar-refractivity contribution in [1.82, 2.24) is 0 Å². The van der Waals surface area contributed by atoms with Gasteiger partial charge in [0, 0.05) is 39.0 Å². The highest BCUT2D eigenvalue weighted by Crippen LogP contribution is 2.55. The lowest BCUT2D eigenvalue weighted by atomic mass is 9.78. The van der Waals surface area contributed by atoms with E-state index in [4.69, 9.17) is 4.42 Å². The third kappa shape index (κ3) is 4.40. The molecule has 0 fully saturated rings. The summed E-state index contributed by atoms with van der Waals surface area (Å²) < 4.78 is 6.47. The minimum absolute atomic E-state index is 0.190. The lowest BCUT2D eigenvalue weighted by molar-refractivity contribution is 0.619. The molecule has 0 aliphatic heterocycles. The Bertz CT molecular complexity index is 2410. The molecule has 1 aliphatic carbocycles. The van der Waals surface area contributed by atoms with E-state index in [1.807, 2.05) is 6.07 Å². The van der Waals surface area contributed by atoms with Crippen molar-refractivity contribution in [2.45, 2.75) is 19.3 Å². The van der Waals surface area contributed by atoms with Crippen LogP contribution in [0.2, 0.25) is 0 Å². The number of para-hydroxylation sites is 1. The van der Waals surface area contributed by atoms with Crippen LogP contribution in [-0.4, -0.2) is 0 Å². The molecule has 0 saturated heterocycles. The largest absolute Gasteiger partial charge is 0.456 e. The van der Waals surface area contributed by atoms with E-state index in [9.17, 15) is 0 Å². The number of nitrogens with zero attached hydrogens (tertiary/aromatic N) is 1. The molecular weight excluding hydrogens is 571 g/mol. The minimum Gasteiger partial charge on any atom is -0.456 e. The molecule has 0 unspecified atom stereocenters. The lowest BCUT2D eigenvalue weighted by Crippen LogP contribution is -2.16. The summed E-state index contributed by atoms with van der Waals surface area (Å²) in [4.78, 5) is 2.35. The van der Waals surface area contributed by atoms with Gasteiger partial charge in [0.1, 0.15) is 11.3 Å². The maximum Gasteiger partial charge on any atom is 0.139 e. The van der Waals surface area contributed by atoms with Crippen LogP contribution in [0.3, 0.4) is 0 Å². The molecule has 0 N–H and O–H groups in total. The fourth-order valence-corrected chi connectivity index (χ4v) is 7.62. The Hall–Kier alpha value is -5.86. The third-order valence-corrected chi connectivity index (χ3v) is 9.81. The van der Waals surface area contributed by atoms with Gasteiger partial charge in [0.05, 0.1) is 0 Å². The quantitative estimate of drug-likeness (QED) is 0.195. The Morgan fingerprint density at radius 3 is 1.81 bits per heavy atom. The van der Waals surface area contributed by atoms with E-state index in [0.29, 0.717) is 0 Å². The summed E-state index contributed by atoms with van der Waals surface area (Å²) in [5.41, 5.74) is 12.8. The summed E-state index contributed by atoms with van der Waals surface area (Å²) in [7, 11) is 0. The molecule has 8 aromatic rings. The van der Waals surface area contributed by atoms with E-state index >= 15 is 0 Å². The fourth-order valence-electron chi connectivity index (χ4n) is 7.62. The minimum atomic E-state index is -0.190. The molecule has 1 aromatic heterocycles. The summed E-state index contributed by atoms with van der Waals surface area (Å²) >= 11 is 0. The van der Waals surface area contributed by atoms with Gasteiger partial charge >= 0.3 is 0 Å². The number of fused-ring (bicyclic) bond motifs is 6. The molecule has 224 valence electrons. The molecule has 7 aromatic carbocycles. The Balaban J connectivity index is 1.14. The topological polar surface area (TPSA) is 16.4 Å². The molecule has 0 bridgehead atoms. The monoisotopic (exact) mass is 603 g/mol. The van der Waals surface area contributed by atoms with Gasteiger partial charge in [0.15, 0.2) is 0 Å². The summed E-state index contributed by atoms with van der Waals surface area (Å²) in [6.07, 6.45) is 0. The Labute approximate surface area is 275 Å². The van der Waals surface area contributed by atoms with Crippen molar-refractivity contribution in [2.24, 2.45) is 0 Å². The highest BCUT2D eigenvalue weighted by Gasteiger charge is 2.41. The summed E-state index contributed by atoms with van der Waals surface area (Å²) in [6.45, 7) is 4.66. The van der Waals surface area contributed by atoms with E-state index in [1.54, 1.807) is 0 Å². The summed E-state index contributed by atoms with van der Waals surface area (Å²) in [6, 6.07) is 58.8. The van der Waals surface area contributed by atoms with Gasteiger partial charge in [-0.15, -0.1) is 0 Å². The molecule has 2 heteroatoms. The average Bonchev–Trinajstić information content (AvgIpc) is 3.63. The molecule has 0 atom stereocenters. The first-order valence-corrected chi connectivity index (χ1v) is 16.3. The fraction of sp³-hybridized carbons (Fsp3) is 0.0667. The maximum absolute atomic E-state index is 6.47. The number of hydrogen-bond donors (Lipinski definition) is 0. The number of furan rings is 1. The first-order valence-electron chi connectivity index (χ1n) is 16.3. The number of anilines is 3. The predicted octanol–water partition coefficient (Wildman–Crippen LogP) is 12.7. The SMILES string of the molecule is CC1(C)c2c(-c3ccc(N(c4ccc(-c5ccccc5)cc4)c4ccc5ccccc5c4)cc3)cccc2-c2oc3ccccc3c21.